The van der Waals surface area contributed by atoms with E-state index in [1.54, 1.807) is 24.3 Å². The van der Waals surface area contributed by atoms with Gasteiger partial charge in [-0.2, -0.15) is 0 Å². The van der Waals surface area contributed by atoms with Crippen molar-refractivity contribution in [1.82, 2.24) is 0 Å². The van der Waals surface area contributed by atoms with Gasteiger partial charge in [0.2, 0.25) is 0 Å². The van der Waals surface area contributed by atoms with Gasteiger partial charge in [0, 0.05) is 12.2 Å². The largest absolute Gasteiger partial charge is 0.385 e. The summed E-state index contributed by atoms with van der Waals surface area (Å²) in [5.74, 6) is 0. The quantitative estimate of drug-likeness (QED) is 0.693. The molecule has 3 nitrogen and oxygen atoms in total. The van der Waals surface area contributed by atoms with Crippen LogP contribution in [0.2, 0.25) is 0 Å². The zero-order valence-corrected chi connectivity index (χ0v) is 7.67. The fourth-order valence-electron chi connectivity index (χ4n) is 0.905. The molecule has 0 atom stereocenters. The number of hydrogen-bond donors (Lipinski definition) is 2. The van der Waals surface area contributed by atoms with Crippen LogP contribution in [-0.4, -0.2) is 15.0 Å². The summed E-state index contributed by atoms with van der Waals surface area (Å²) >= 11 is 0. The molecule has 0 radical (unpaired) electrons. The number of nitrogens with one attached hydrogen (secondary N) is 1. The maximum absolute atomic E-state index is 10.5. The summed E-state index contributed by atoms with van der Waals surface area (Å²) in [6.07, 6.45) is 0. The lowest BCUT2D eigenvalue weighted by Gasteiger charge is -2.01. The molecule has 1 rings (SSSR count). The van der Waals surface area contributed by atoms with Crippen LogP contribution < -0.4 is 5.32 Å². The molecule has 0 aromatic heterocycles. The van der Waals surface area contributed by atoms with Crippen LogP contribution in [0.3, 0.4) is 0 Å². The molecule has 0 fully saturated rings. The van der Waals surface area contributed by atoms with Crippen LogP contribution in [0, 0.1) is 0 Å². The first-order valence-corrected chi connectivity index (χ1v) is 4.90. The first-order valence-electron chi connectivity index (χ1n) is 3.72. The molecule has 12 heavy (non-hydrogen) atoms. The van der Waals surface area contributed by atoms with Gasteiger partial charge in [-0.15, -0.1) is 0 Å². The number of rotatable bonds is 3. The summed E-state index contributed by atoms with van der Waals surface area (Å²) in [4.78, 5) is 0.353. The number of anilines is 1. The summed E-state index contributed by atoms with van der Waals surface area (Å²) in [5, 5.41) is 3.08. The van der Waals surface area contributed by atoms with Crippen molar-refractivity contribution in [3.63, 3.8) is 0 Å². The zero-order chi connectivity index (χ0) is 8.97. The standard InChI is InChI=1S/C8H11NO2S/c1-2-9-7-3-5-8(6-4-7)12(10)11/h3-6,9,12H,2H2,1H3. The monoisotopic (exact) mass is 185 g/mol. The van der Waals surface area contributed by atoms with E-state index in [-0.39, 0.29) is 0 Å². The molecule has 0 aliphatic heterocycles. The molecule has 0 amide bonds. The Kier molecular flexibility index (Phi) is 3.10. The van der Waals surface area contributed by atoms with Gasteiger partial charge in [0.15, 0.2) is 10.7 Å². The molecular formula is C8H11NO2S. The van der Waals surface area contributed by atoms with E-state index in [9.17, 15) is 8.42 Å². The van der Waals surface area contributed by atoms with Crippen molar-refractivity contribution in [2.24, 2.45) is 0 Å². The van der Waals surface area contributed by atoms with Crippen LogP contribution >= 0.6 is 0 Å². The Morgan fingerprint density at radius 2 is 1.83 bits per heavy atom. The Morgan fingerprint density at radius 1 is 1.25 bits per heavy atom. The molecule has 0 spiro atoms. The predicted octanol–water partition coefficient (Wildman–Crippen LogP) is 1.09. The van der Waals surface area contributed by atoms with Gasteiger partial charge in [-0.1, -0.05) is 0 Å². The summed E-state index contributed by atoms with van der Waals surface area (Å²) in [7, 11) is -2.45. The summed E-state index contributed by atoms with van der Waals surface area (Å²) in [6.45, 7) is 2.82. The highest BCUT2D eigenvalue weighted by Gasteiger charge is 1.93. The van der Waals surface area contributed by atoms with Crippen LogP contribution in [0.25, 0.3) is 0 Å². The summed E-state index contributed by atoms with van der Waals surface area (Å²) in [6, 6.07) is 6.68. The highest BCUT2D eigenvalue weighted by Crippen LogP contribution is 2.09. The second-order valence-electron chi connectivity index (χ2n) is 2.33. The molecule has 1 aromatic rings. The molecule has 1 N–H and O–H groups in total. The second kappa shape index (κ2) is 4.11. The highest BCUT2D eigenvalue weighted by molar-refractivity contribution is 7.72. The van der Waals surface area contributed by atoms with E-state index in [2.05, 4.69) is 5.32 Å². The molecule has 0 heterocycles. The lowest BCUT2D eigenvalue weighted by Crippen LogP contribution is -1.95. The Hall–Kier alpha value is -1.03. The average molecular weight is 185 g/mol. The van der Waals surface area contributed by atoms with Crippen molar-refractivity contribution < 1.29 is 8.42 Å². The maximum atomic E-state index is 10.5. The van der Waals surface area contributed by atoms with Crippen molar-refractivity contribution in [2.75, 3.05) is 11.9 Å². The Bertz CT molecular complexity index is 308. The zero-order valence-electron chi connectivity index (χ0n) is 6.78. The van der Waals surface area contributed by atoms with Crippen LogP contribution in [0.4, 0.5) is 5.69 Å². The normalized spacial score (nSPS) is 10.2. The molecule has 4 heteroatoms. The Balaban J connectivity index is 2.85. The van der Waals surface area contributed by atoms with E-state index in [1.807, 2.05) is 6.92 Å². The minimum Gasteiger partial charge on any atom is -0.385 e. The fourth-order valence-corrected chi connectivity index (χ4v) is 1.30. The minimum atomic E-state index is -2.45. The van der Waals surface area contributed by atoms with Crippen LogP contribution in [0.15, 0.2) is 29.2 Å². The third-order valence-corrected chi connectivity index (χ3v) is 2.18. The minimum absolute atomic E-state index is 0.353. The van der Waals surface area contributed by atoms with Gasteiger partial charge in [-0.05, 0) is 31.2 Å². The fraction of sp³-hybridized carbons (Fsp3) is 0.250. The van der Waals surface area contributed by atoms with Crippen LogP contribution in [0.1, 0.15) is 6.92 Å². The van der Waals surface area contributed by atoms with Gasteiger partial charge in [-0.3, -0.25) is 0 Å². The van der Waals surface area contributed by atoms with E-state index in [0.717, 1.165) is 12.2 Å². The van der Waals surface area contributed by atoms with Gasteiger partial charge >= 0.3 is 0 Å². The predicted molar refractivity (Wildman–Crippen MR) is 49.2 cm³/mol. The van der Waals surface area contributed by atoms with Gasteiger partial charge < -0.3 is 5.32 Å². The first kappa shape index (κ1) is 9.06. The third-order valence-electron chi connectivity index (χ3n) is 1.46. The van der Waals surface area contributed by atoms with E-state index in [4.69, 9.17) is 0 Å². The van der Waals surface area contributed by atoms with Crippen molar-refractivity contribution in [3.05, 3.63) is 24.3 Å². The van der Waals surface area contributed by atoms with Crippen molar-refractivity contribution in [3.8, 4) is 0 Å². The molecule has 1 aromatic carbocycles. The molecule has 0 saturated heterocycles. The summed E-state index contributed by atoms with van der Waals surface area (Å²) < 4.78 is 21.0. The van der Waals surface area contributed by atoms with E-state index >= 15 is 0 Å². The van der Waals surface area contributed by atoms with Crippen molar-refractivity contribution in [1.29, 1.82) is 0 Å². The van der Waals surface area contributed by atoms with Gasteiger partial charge in [0.05, 0.1) is 4.90 Å². The number of hydrogen-bond acceptors (Lipinski definition) is 3. The van der Waals surface area contributed by atoms with Gasteiger partial charge in [0.1, 0.15) is 0 Å². The first-order chi connectivity index (χ1) is 5.74. The van der Waals surface area contributed by atoms with Gasteiger partial charge in [-0.25, -0.2) is 8.42 Å². The SMILES string of the molecule is CCNc1ccc([SH](=O)=O)cc1. The molecular weight excluding hydrogens is 174 g/mol. The molecule has 0 saturated carbocycles. The van der Waals surface area contributed by atoms with Crippen LogP contribution in [-0.2, 0) is 10.7 Å². The highest BCUT2D eigenvalue weighted by atomic mass is 32.2. The van der Waals surface area contributed by atoms with Crippen molar-refractivity contribution in [2.45, 2.75) is 11.8 Å². The van der Waals surface area contributed by atoms with E-state index in [0.29, 0.717) is 4.90 Å². The number of benzene rings is 1. The molecule has 66 valence electrons. The Labute approximate surface area is 73.4 Å². The molecule has 0 bridgehead atoms. The smallest absolute Gasteiger partial charge is 0.168 e. The summed E-state index contributed by atoms with van der Waals surface area (Å²) in [5.41, 5.74) is 0.943. The van der Waals surface area contributed by atoms with E-state index in [1.165, 1.54) is 0 Å². The Morgan fingerprint density at radius 3 is 2.25 bits per heavy atom. The van der Waals surface area contributed by atoms with E-state index < -0.39 is 10.7 Å². The molecule has 0 unspecified atom stereocenters. The average Bonchev–Trinajstić information content (AvgIpc) is 2.06. The molecule has 0 aliphatic rings. The van der Waals surface area contributed by atoms with Crippen LogP contribution in [0.5, 0.6) is 0 Å². The number of thiol groups is 1. The third kappa shape index (κ3) is 2.23. The lowest BCUT2D eigenvalue weighted by atomic mass is 10.3. The van der Waals surface area contributed by atoms with Crippen molar-refractivity contribution >= 4 is 16.4 Å². The lowest BCUT2D eigenvalue weighted by molar-refractivity contribution is 0.614. The maximum Gasteiger partial charge on any atom is 0.168 e. The molecule has 0 aliphatic carbocycles. The second-order valence-corrected chi connectivity index (χ2v) is 3.36. The van der Waals surface area contributed by atoms with Gasteiger partial charge in [0.25, 0.3) is 0 Å². The topological polar surface area (TPSA) is 46.2 Å².